The molecule has 2 aromatic rings. The number of nitrogens with zero attached hydrogens (tertiary/aromatic N) is 2. The molecule has 1 aliphatic carbocycles. The van der Waals surface area contributed by atoms with Crippen LogP contribution >= 0.6 is 0 Å². The van der Waals surface area contributed by atoms with Crippen LogP contribution in [0.4, 0.5) is 0 Å². The van der Waals surface area contributed by atoms with E-state index in [1.807, 2.05) is 0 Å². The molecule has 0 unspecified atom stereocenters. The van der Waals surface area contributed by atoms with E-state index in [2.05, 4.69) is 50.5 Å². The highest BCUT2D eigenvalue weighted by Gasteiger charge is 2.24. The van der Waals surface area contributed by atoms with Crippen LogP contribution < -0.4 is 4.74 Å². The maximum atomic E-state index is 6.11. The smallest absolute Gasteiger partial charge is 0.131 e. The van der Waals surface area contributed by atoms with Crippen molar-refractivity contribution in [3.8, 4) is 5.75 Å². The van der Waals surface area contributed by atoms with Crippen LogP contribution in [-0.4, -0.2) is 16.6 Å². The first-order valence-electron chi connectivity index (χ1n) is 13.3. The first-order valence-corrected chi connectivity index (χ1v) is 13.3. The summed E-state index contributed by atoms with van der Waals surface area (Å²) in [5.74, 6) is 3.24. The minimum Gasteiger partial charge on any atom is -0.493 e. The maximum Gasteiger partial charge on any atom is 0.131 e. The first-order chi connectivity index (χ1) is 15.8. The Morgan fingerprint density at radius 3 is 2.00 bits per heavy atom. The van der Waals surface area contributed by atoms with Gasteiger partial charge in [-0.15, -0.1) is 0 Å². The van der Waals surface area contributed by atoms with Gasteiger partial charge in [0.05, 0.1) is 6.61 Å². The van der Waals surface area contributed by atoms with E-state index in [0.29, 0.717) is 11.8 Å². The molecule has 0 spiro atoms. The molecule has 1 saturated carbocycles. The fourth-order valence-electron chi connectivity index (χ4n) is 4.77. The zero-order chi connectivity index (χ0) is 22.4. The van der Waals surface area contributed by atoms with Crippen LogP contribution in [0.1, 0.15) is 114 Å². The molecule has 1 aromatic heterocycles. The molecule has 3 rings (SSSR count). The van der Waals surface area contributed by atoms with Gasteiger partial charge in [-0.25, -0.2) is 9.97 Å². The standard InChI is InChI=1S/C29H44N2O/c1-3-5-7-8-10-12-26-21-30-29(31-22-26)27-17-13-25(14-18-27)23-32-28-19-15-24(16-20-28)11-9-6-4-2/h15-16,19-22,25,27H,3-14,17-18,23H2,1-2H3/t25-,27-. The summed E-state index contributed by atoms with van der Waals surface area (Å²) in [6.07, 6.45) is 21.7. The number of aryl methyl sites for hydroxylation is 2. The monoisotopic (exact) mass is 436 g/mol. The van der Waals surface area contributed by atoms with Crippen molar-refractivity contribution in [1.29, 1.82) is 0 Å². The third-order valence-corrected chi connectivity index (χ3v) is 6.98. The highest BCUT2D eigenvalue weighted by atomic mass is 16.5. The molecule has 1 aliphatic rings. The van der Waals surface area contributed by atoms with Gasteiger partial charge in [0.1, 0.15) is 11.6 Å². The van der Waals surface area contributed by atoms with E-state index in [9.17, 15) is 0 Å². The average Bonchev–Trinajstić information content (AvgIpc) is 2.84. The number of ether oxygens (including phenoxy) is 1. The van der Waals surface area contributed by atoms with Crippen molar-refractivity contribution in [3.05, 3.63) is 53.6 Å². The molecule has 3 nitrogen and oxygen atoms in total. The molecule has 0 N–H and O–H groups in total. The quantitative estimate of drug-likeness (QED) is 0.281. The highest BCUT2D eigenvalue weighted by Crippen LogP contribution is 2.34. The van der Waals surface area contributed by atoms with Crippen molar-refractivity contribution in [2.45, 2.75) is 110 Å². The van der Waals surface area contributed by atoms with Gasteiger partial charge in [0, 0.05) is 18.3 Å². The van der Waals surface area contributed by atoms with Crippen molar-refractivity contribution < 1.29 is 4.74 Å². The lowest BCUT2D eigenvalue weighted by atomic mass is 9.82. The lowest BCUT2D eigenvalue weighted by Gasteiger charge is -2.27. The van der Waals surface area contributed by atoms with E-state index in [0.717, 1.165) is 24.6 Å². The Morgan fingerprint density at radius 1 is 0.719 bits per heavy atom. The van der Waals surface area contributed by atoms with Crippen LogP contribution in [-0.2, 0) is 12.8 Å². The maximum absolute atomic E-state index is 6.11. The van der Waals surface area contributed by atoms with Crippen molar-refractivity contribution in [2.24, 2.45) is 5.92 Å². The molecule has 1 aromatic carbocycles. The molecule has 1 fully saturated rings. The van der Waals surface area contributed by atoms with Gasteiger partial charge < -0.3 is 4.74 Å². The molecule has 0 radical (unpaired) electrons. The first kappa shape index (κ1) is 24.7. The topological polar surface area (TPSA) is 35.0 Å². The fraction of sp³-hybridized carbons (Fsp3) is 0.655. The largest absolute Gasteiger partial charge is 0.493 e. The molecular weight excluding hydrogens is 392 g/mol. The van der Waals surface area contributed by atoms with Crippen LogP contribution in [0.2, 0.25) is 0 Å². The second-order valence-corrected chi connectivity index (χ2v) is 9.74. The third-order valence-electron chi connectivity index (χ3n) is 6.98. The summed E-state index contributed by atoms with van der Waals surface area (Å²) < 4.78 is 6.11. The fourth-order valence-corrected chi connectivity index (χ4v) is 4.77. The Kier molecular flexibility index (Phi) is 11.0. The second-order valence-electron chi connectivity index (χ2n) is 9.74. The van der Waals surface area contributed by atoms with E-state index in [1.54, 1.807) is 0 Å². The van der Waals surface area contributed by atoms with Gasteiger partial charge >= 0.3 is 0 Å². The van der Waals surface area contributed by atoms with E-state index in [4.69, 9.17) is 14.7 Å². The summed E-state index contributed by atoms with van der Waals surface area (Å²) in [4.78, 5) is 9.46. The summed E-state index contributed by atoms with van der Waals surface area (Å²) in [5.41, 5.74) is 2.72. The third kappa shape index (κ3) is 8.56. The molecule has 1 heterocycles. The Morgan fingerprint density at radius 2 is 1.31 bits per heavy atom. The van der Waals surface area contributed by atoms with E-state index in [-0.39, 0.29) is 0 Å². The van der Waals surface area contributed by atoms with Crippen molar-refractivity contribution in [1.82, 2.24) is 9.97 Å². The molecule has 176 valence electrons. The van der Waals surface area contributed by atoms with Gasteiger partial charge in [-0.1, -0.05) is 64.5 Å². The predicted molar refractivity (Wildman–Crippen MR) is 134 cm³/mol. The summed E-state index contributed by atoms with van der Waals surface area (Å²) in [5, 5.41) is 0. The average molecular weight is 437 g/mol. The van der Waals surface area contributed by atoms with Gasteiger partial charge in [-0.3, -0.25) is 0 Å². The van der Waals surface area contributed by atoms with Crippen molar-refractivity contribution >= 4 is 0 Å². The van der Waals surface area contributed by atoms with E-state index < -0.39 is 0 Å². The van der Waals surface area contributed by atoms with Crippen LogP contribution in [0.15, 0.2) is 36.7 Å². The molecule has 0 amide bonds. The predicted octanol–water partition coefficient (Wildman–Crippen LogP) is 8.08. The Hall–Kier alpha value is -1.90. The normalized spacial score (nSPS) is 18.6. The van der Waals surface area contributed by atoms with E-state index >= 15 is 0 Å². The van der Waals surface area contributed by atoms with Crippen LogP contribution in [0.25, 0.3) is 0 Å². The molecule has 3 heteroatoms. The SMILES string of the molecule is CCCCCCCc1cnc([C@H]2CC[C@H](COc3ccc(CCCCC)cc3)CC2)nc1. The zero-order valence-corrected chi connectivity index (χ0v) is 20.5. The van der Waals surface area contributed by atoms with Crippen LogP contribution in [0.5, 0.6) is 5.75 Å². The minimum atomic E-state index is 0.521. The summed E-state index contributed by atoms with van der Waals surface area (Å²) in [6.45, 7) is 5.35. The molecular formula is C29H44N2O. The lowest BCUT2D eigenvalue weighted by Crippen LogP contribution is -2.20. The van der Waals surface area contributed by atoms with Crippen LogP contribution in [0, 0.1) is 5.92 Å². The van der Waals surface area contributed by atoms with Gasteiger partial charge in [-0.2, -0.15) is 0 Å². The molecule has 0 bridgehead atoms. The van der Waals surface area contributed by atoms with Gasteiger partial charge in [0.25, 0.3) is 0 Å². The zero-order valence-electron chi connectivity index (χ0n) is 20.5. The van der Waals surface area contributed by atoms with E-state index in [1.165, 1.54) is 94.6 Å². The summed E-state index contributed by atoms with van der Waals surface area (Å²) in [7, 11) is 0. The number of aromatic nitrogens is 2. The van der Waals surface area contributed by atoms with Gasteiger partial charge in [0.15, 0.2) is 0 Å². The molecule has 32 heavy (non-hydrogen) atoms. The second kappa shape index (κ2) is 14.3. The number of unbranched alkanes of at least 4 members (excludes halogenated alkanes) is 6. The number of benzene rings is 1. The Balaban J connectivity index is 1.34. The minimum absolute atomic E-state index is 0.521. The van der Waals surface area contributed by atoms with Gasteiger partial charge in [0.2, 0.25) is 0 Å². The lowest BCUT2D eigenvalue weighted by molar-refractivity contribution is 0.198. The molecule has 0 aliphatic heterocycles. The highest BCUT2D eigenvalue weighted by molar-refractivity contribution is 5.27. The molecule has 0 saturated heterocycles. The number of rotatable bonds is 14. The Labute approximate surface area is 196 Å². The number of hydrogen-bond acceptors (Lipinski definition) is 3. The van der Waals surface area contributed by atoms with Crippen molar-refractivity contribution in [2.75, 3.05) is 6.61 Å². The van der Waals surface area contributed by atoms with Crippen molar-refractivity contribution in [3.63, 3.8) is 0 Å². The summed E-state index contributed by atoms with van der Waals surface area (Å²) >= 11 is 0. The number of hydrogen-bond donors (Lipinski definition) is 0. The Bertz CT molecular complexity index is 733. The van der Waals surface area contributed by atoms with Gasteiger partial charge in [-0.05, 0) is 80.5 Å². The van der Waals surface area contributed by atoms with Crippen LogP contribution in [0.3, 0.4) is 0 Å². The summed E-state index contributed by atoms with van der Waals surface area (Å²) in [6, 6.07) is 8.75. The molecule has 0 atom stereocenters.